The van der Waals surface area contributed by atoms with E-state index < -0.39 is 6.10 Å². The number of benzene rings is 1. The van der Waals surface area contributed by atoms with E-state index in [-0.39, 0.29) is 0 Å². The number of thioether (sulfide) groups is 1. The lowest BCUT2D eigenvalue weighted by molar-refractivity contribution is 0.0489. The van der Waals surface area contributed by atoms with Gasteiger partial charge in [0.15, 0.2) is 0 Å². The molecular weight excluding hydrogens is 244 g/mol. The summed E-state index contributed by atoms with van der Waals surface area (Å²) in [7, 11) is 0. The third kappa shape index (κ3) is 5.75. The second-order valence-electron chi connectivity index (χ2n) is 3.50. The molecule has 1 aromatic rings. The molecule has 1 N–H and O–H groups in total. The summed E-state index contributed by atoms with van der Waals surface area (Å²) in [6.45, 7) is 3.16. The van der Waals surface area contributed by atoms with Gasteiger partial charge in [0.2, 0.25) is 0 Å². The van der Waals surface area contributed by atoms with Crippen molar-refractivity contribution in [2.45, 2.75) is 24.3 Å². The lowest BCUT2D eigenvalue weighted by Crippen LogP contribution is -2.18. The van der Waals surface area contributed by atoms with Crippen molar-refractivity contribution in [1.82, 2.24) is 0 Å². The molecule has 0 saturated carbocycles. The second kappa shape index (κ2) is 7.96. The van der Waals surface area contributed by atoms with Gasteiger partial charge in [0.1, 0.15) is 0 Å². The van der Waals surface area contributed by atoms with Crippen molar-refractivity contribution < 1.29 is 9.84 Å². The van der Waals surface area contributed by atoms with Crippen molar-refractivity contribution in [3.63, 3.8) is 0 Å². The van der Waals surface area contributed by atoms with Gasteiger partial charge in [-0.2, -0.15) is 0 Å². The van der Waals surface area contributed by atoms with Crippen LogP contribution in [0.5, 0.6) is 0 Å². The Bertz CT molecular complexity index is 307. The number of rotatable bonds is 7. The van der Waals surface area contributed by atoms with Gasteiger partial charge in [-0.25, -0.2) is 0 Å². The first-order valence-corrected chi connectivity index (χ1v) is 6.73. The van der Waals surface area contributed by atoms with E-state index in [0.717, 1.165) is 16.3 Å². The van der Waals surface area contributed by atoms with Crippen LogP contribution in [0, 0.1) is 0 Å². The minimum atomic E-state index is -0.421. The Balaban J connectivity index is 2.23. The van der Waals surface area contributed by atoms with Gasteiger partial charge in [-0.05, 0) is 24.6 Å². The molecule has 0 amide bonds. The summed E-state index contributed by atoms with van der Waals surface area (Å²) in [4.78, 5) is 1.07. The summed E-state index contributed by atoms with van der Waals surface area (Å²) in [6.07, 6.45) is 0.560. The van der Waals surface area contributed by atoms with Crippen LogP contribution in [0.15, 0.2) is 29.2 Å². The normalized spacial score (nSPS) is 12.7. The summed E-state index contributed by atoms with van der Waals surface area (Å²) in [6, 6.07) is 7.62. The molecule has 2 nitrogen and oxygen atoms in total. The topological polar surface area (TPSA) is 29.5 Å². The van der Waals surface area contributed by atoms with Gasteiger partial charge in [0, 0.05) is 22.3 Å². The summed E-state index contributed by atoms with van der Waals surface area (Å²) in [5.74, 6) is 0.629. The van der Waals surface area contributed by atoms with Crippen LogP contribution >= 0.6 is 23.4 Å². The van der Waals surface area contributed by atoms with Crippen LogP contribution in [-0.4, -0.2) is 30.2 Å². The fraction of sp³-hybridized carbons (Fsp3) is 0.500. The van der Waals surface area contributed by atoms with E-state index in [9.17, 15) is 5.11 Å². The lowest BCUT2D eigenvalue weighted by atomic mass is 10.4. The highest BCUT2D eigenvalue weighted by Gasteiger charge is 2.05. The minimum Gasteiger partial charge on any atom is -0.390 e. The van der Waals surface area contributed by atoms with E-state index >= 15 is 0 Å². The molecule has 16 heavy (non-hydrogen) atoms. The molecule has 0 saturated heterocycles. The summed E-state index contributed by atoms with van der Waals surface area (Å²) in [5.41, 5.74) is 0. The van der Waals surface area contributed by atoms with Gasteiger partial charge in [-0.3, -0.25) is 0 Å². The number of aliphatic hydroxyl groups is 1. The van der Waals surface area contributed by atoms with Crippen molar-refractivity contribution in [2.24, 2.45) is 0 Å². The Hall–Kier alpha value is -0.220. The molecule has 1 aromatic carbocycles. The van der Waals surface area contributed by atoms with Gasteiger partial charge < -0.3 is 9.84 Å². The Morgan fingerprint density at radius 2 is 2.31 bits per heavy atom. The molecular formula is C12H17ClO2S. The second-order valence-corrected chi connectivity index (χ2v) is 5.03. The van der Waals surface area contributed by atoms with E-state index in [0.29, 0.717) is 19.0 Å². The van der Waals surface area contributed by atoms with Crippen LogP contribution in [0.1, 0.15) is 13.3 Å². The lowest BCUT2D eigenvalue weighted by Gasteiger charge is -2.10. The predicted molar refractivity (Wildman–Crippen MR) is 69.3 cm³/mol. The van der Waals surface area contributed by atoms with Gasteiger partial charge in [0.05, 0.1) is 12.7 Å². The van der Waals surface area contributed by atoms with Crippen LogP contribution in [0.2, 0.25) is 5.02 Å². The average Bonchev–Trinajstić information content (AvgIpc) is 2.27. The number of hydrogen-bond acceptors (Lipinski definition) is 3. The van der Waals surface area contributed by atoms with Crippen molar-refractivity contribution in [3.05, 3.63) is 29.3 Å². The predicted octanol–water partition coefficient (Wildman–Crippen LogP) is 3.22. The highest BCUT2D eigenvalue weighted by atomic mass is 35.5. The number of halogens is 1. The zero-order chi connectivity index (χ0) is 11.8. The summed E-state index contributed by atoms with van der Waals surface area (Å²) in [5, 5.41) is 10.4. The molecule has 1 atom stereocenters. The monoisotopic (exact) mass is 260 g/mol. The summed E-state index contributed by atoms with van der Waals surface area (Å²) < 4.78 is 5.27. The van der Waals surface area contributed by atoms with Crippen molar-refractivity contribution >= 4 is 23.4 Å². The standard InChI is InChI=1S/C12H17ClO2S/c1-2-6-15-8-11(14)9-16-12-5-3-4-10(13)7-12/h3-5,7,11,14H,2,6,8-9H2,1H3. The largest absolute Gasteiger partial charge is 0.390 e. The number of hydrogen-bond donors (Lipinski definition) is 1. The molecule has 1 unspecified atom stereocenters. The minimum absolute atomic E-state index is 0.404. The van der Waals surface area contributed by atoms with Gasteiger partial charge in [-0.15, -0.1) is 11.8 Å². The van der Waals surface area contributed by atoms with Crippen LogP contribution in [0.4, 0.5) is 0 Å². The van der Waals surface area contributed by atoms with Crippen molar-refractivity contribution in [2.75, 3.05) is 19.0 Å². The molecule has 0 aliphatic heterocycles. The summed E-state index contributed by atoms with van der Waals surface area (Å²) >= 11 is 7.45. The first-order valence-electron chi connectivity index (χ1n) is 5.36. The fourth-order valence-corrected chi connectivity index (χ4v) is 2.28. The molecule has 0 bridgehead atoms. The van der Waals surface area contributed by atoms with Crippen LogP contribution in [-0.2, 0) is 4.74 Å². The van der Waals surface area contributed by atoms with E-state index in [4.69, 9.17) is 16.3 Å². The number of aliphatic hydroxyl groups excluding tert-OH is 1. The Labute approximate surface area is 106 Å². The zero-order valence-corrected chi connectivity index (χ0v) is 10.9. The quantitative estimate of drug-likeness (QED) is 0.603. The molecule has 0 radical (unpaired) electrons. The zero-order valence-electron chi connectivity index (χ0n) is 9.36. The first-order chi connectivity index (χ1) is 7.72. The number of ether oxygens (including phenoxy) is 1. The van der Waals surface area contributed by atoms with E-state index in [1.807, 2.05) is 31.2 Å². The molecule has 0 aliphatic rings. The highest BCUT2D eigenvalue weighted by Crippen LogP contribution is 2.22. The van der Waals surface area contributed by atoms with Gasteiger partial charge in [0.25, 0.3) is 0 Å². The SMILES string of the molecule is CCCOCC(O)CSc1cccc(Cl)c1. The van der Waals surface area contributed by atoms with E-state index in [1.165, 1.54) is 0 Å². The molecule has 0 aliphatic carbocycles. The van der Waals surface area contributed by atoms with Crippen LogP contribution < -0.4 is 0 Å². The van der Waals surface area contributed by atoms with Gasteiger partial charge >= 0.3 is 0 Å². The third-order valence-corrected chi connectivity index (χ3v) is 3.27. The Morgan fingerprint density at radius 3 is 3.00 bits per heavy atom. The van der Waals surface area contributed by atoms with Gasteiger partial charge in [-0.1, -0.05) is 24.6 Å². The van der Waals surface area contributed by atoms with E-state index in [2.05, 4.69) is 0 Å². The molecule has 1 rings (SSSR count). The molecule has 90 valence electrons. The Morgan fingerprint density at radius 1 is 1.50 bits per heavy atom. The molecule has 4 heteroatoms. The Kier molecular flexibility index (Phi) is 6.88. The smallest absolute Gasteiger partial charge is 0.0867 e. The van der Waals surface area contributed by atoms with Crippen LogP contribution in [0.25, 0.3) is 0 Å². The maximum atomic E-state index is 9.63. The maximum absolute atomic E-state index is 9.63. The average molecular weight is 261 g/mol. The molecule has 0 spiro atoms. The molecule has 0 heterocycles. The fourth-order valence-electron chi connectivity index (χ4n) is 1.16. The highest BCUT2D eigenvalue weighted by molar-refractivity contribution is 7.99. The van der Waals surface area contributed by atoms with Crippen LogP contribution in [0.3, 0.4) is 0 Å². The third-order valence-electron chi connectivity index (χ3n) is 1.90. The van der Waals surface area contributed by atoms with E-state index in [1.54, 1.807) is 11.8 Å². The maximum Gasteiger partial charge on any atom is 0.0867 e. The molecule has 0 fully saturated rings. The van der Waals surface area contributed by atoms with Crippen molar-refractivity contribution in [1.29, 1.82) is 0 Å². The molecule has 0 aromatic heterocycles. The van der Waals surface area contributed by atoms with Crippen molar-refractivity contribution in [3.8, 4) is 0 Å². The first kappa shape index (κ1) is 13.8.